The largest absolute Gasteiger partial charge is 0.355 e. The van der Waals surface area contributed by atoms with E-state index in [1.165, 1.54) is 6.20 Å². The highest BCUT2D eigenvalue weighted by Gasteiger charge is 2.26. The summed E-state index contributed by atoms with van der Waals surface area (Å²) in [6, 6.07) is 1.76. The van der Waals surface area contributed by atoms with Crippen molar-refractivity contribution < 1.29 is 13.7 Å². The summed E-state index contributed by atoms with van der Waals surface area (Å²) in [6.07, 6.45) is 10.7. The van der Waals surface area contributed by atoms with Crippen molar-refractivity contribution in [3.63, 3.8) is 0 Å². The Morgan fingerprint density at radius 3 is 3.27 bits per heavy atom. The van der Waals surface area contributed by atoms with Crippen molar-refractivity contribution in [1.82, 2.24) is 20.3 Å². The van der Waals surface area contributed by atoms with Gasteiger partial charge in [-0.05, 0) is 18.9 Å². The number of nitrogens with one attached hydrogen (secondary N) is 3. The van der Waals surface area contributed by atoms with Crippen molar-refractivity contribution in [3.8, 4) is 12.3 Å². The van der Waals surface area contributed by atoms with Crippen molar-refractivity contribution in [1.29, 1.82) is 0 Å². The number of carbonyl (C=O) groups is 2. The van der Waals surface area contributed by atoms with Gasteiger partial charge < -0.3 is 15.7 Å². The average molecular weight is 356 g/mol. The predicted molar refractivity (Wildman–Crippen MR) is 100 cm³/mol. The van der Waals surface area contributed by atoms with E-state index in [1.54, 1.807) is 12.3 Å². The van der Waals surface area contributed by atoms with Crippen LogP contribution in [0.15, 0.2) is 18.5 Å². The molecule has 7 nitrogen and oxygen atoms in total. The monoisotopic (exact) mass is 356 g/mol. The Hall–Kier alpha value is -2.85. The van der Waals surface area contributed by atoms with Crippen molar-refractivity contribution in [3.05, 3.63) is 24.0 Å². The van der Waals surface area contributed by atoms with Gasteiger partial charge in [-0.15, -0.1) is 12.3 Å². The number of piperidine rings is 1. The minimum atomic E-state index is -2.61. The minimum absolute atomic E-state index is 0.119. The number of pyridine rings is 1. The van der Waals surface area contributed by atoms with Crippen LogP contribution in [0.1, 0.15) is 40.2 Å². The summed E-state index contributed by atoms with van der Waals surface area (Å²) in [5, 5.41) is 4.54. The van der Waals surface area contributed by atoms with Crippen LogP contribution in [0.2, 0.25) is 0 Å². The lowest BCUT2D eigenvalue weighted by molar-refractivity contribution is -0.124. The summed E-state index contributed by atoms with van der Waals surface area (Å²) in [5.41, 5.74) is 4.36. The highest BCUT2D eigenvalue weighted by molar-refractivity contribution is 6.06. The molecule has 136 valence electrons. The fourth-order valence-electron chi connectivity index (χ4n) is 3.27. The first-order chi connectivity index (χ1) is 13.8. The van der Waals surface area contributed by atoms with Gasteiger partial charge in [-0.25, -0.2) is 9.99 Å². The average Bonchev–Trinajstić information content (AvgIpc) is 3.14. The summed E-state index contributed by atoms with van der Waals surface area (Å²) < 4.78 is 21.9. The Morgan fingerprint density at radius 2 is 2.46 bits per heavy atom. The summed E-state index contributed by atoms with van der Waals surface area (Å²) in [7, 11) is 0. The molecular formula is C19H23N5O2. The van der Waals surface area contributed by atoms with Gasteiger partial charge in [0, 0.05) is 60.7 Å². The van der Waals surface area contributed by atoms with Crippen LogP contribution >= 0.6 is 0 Å². The fourth-order valence-corrected chi connectivity index (χ4v) is 3.27. The number of Topliss-reactive ketones (excluding diaryl/α,β-unsaturated/α-hetero) is 1. The van der Waals surface area contributed by atoms with Gasteiger partial charge in [0.1, 0.15) is 11.4 Å². The van der Waals surface area contributed by atoms with Gasteiger partial charge in [0.25, 0.3) is 5.91 Å². The van der Waals surface area contributed by atoms with Gasteiger partial charge in [-0.2, -0.15) is 0 Å². The third-order valence-electron chi connectivity index (χ3n) is 4.61. The Balaban J connectivity index is 1.84. The molecule has 0 bridgehead atoms. The zero-order valence-corrected chi connectivity index (χ0v) is 14.3. The Morgan fingerprint density at radius 1 is 1.58 bits per heavy atom. The first kappa shape index (κ1) is 14.3. The summed E-state index contributed by atoms with van der Waals surface area (Å²) in [4.78, 5) is 32.1. The quantitative estimate of drug-likeness (QED) is 0.688. The maximum absolute atomic E-state index is 12.5. The molecule has 1 aliphatic heterocycles. The van der Waals surface area contributed by atoms with Gasteiger partial charge in [0.2, 0.25) is 0 Å². The standard InChI is InChI=1S/C19H23N5O2/c1-3-4-7-16(25)13-6-5-10-24(12-13)23-17-14-8-9-21-18(14)22-11-15(17)19(26)20-2/h1,8-9,11,13H,4-7,10,12H2,2H3,(H,20,26)(H2,21,22,23)/t13-/m0/s1/i2D3. The normalized spacial score (nSPS) is 19.8. The van der Waals surface area contributed by atoms with Gasteiger partial charge in [0.15, 0.2) is 0 Å². The number of aromatic nitrogens is 2. The number of nitrogens with zero attached hydrogens (tertiary/aromatic N) is 2. The predicted octanol–water partition coefficient (Wildman–Crippen LogP) is 1.94. The number of carbonyl (C=O) groups excluding carboxylic acids is 2. The highest BCUT2D eigenvalue weighted by atomic mass is 16.1. The molecule has 0 radical (unpaired) electrons. The maximum atomic E-state index is 12.5. The Bertz CT molecular complexity index is 947. The van der Waals surface area contributed by atoms with Crippen LogP contribution in [0.25, 0.3) is 11.0 Å². The molecule has 26 heavy (non-hydrogen) atoms. The molecular weight excluding hydrogens is 330 g/mol. The number of rotatable bonds is 6. The van der Waals surface area contributed by atoms with Crippen LogP contribution in [-0.2, 0) is 4.79 Å². The molecule has 0 saturated carbocycles. The molecule has 1 atom stereocenters. The van der Waals surface area contributed by atoms with Crippen molar-refractivity contribution in [2.45, 2.75) is 25.7 Å². The molecule has 1 amide bonds. The number of amides is 1. The minimum Gasteiger partial charge on any atom is -0.355 e. The van der Waals surface area contributed by atoms with E-state index in [0.717, 1.165) is 12.8 Å². The lowest BCUT2D eigenvalue weighted by Crippen LogP contribution is -2.42. The van der Waals surface area contributed by atoms with E-state index in [1.807, 2.05) is 10.3 Å². The molecule has 2 aromatic heterocycles. The number of hydrazine groups is 1. The molecule has 3 N–H and O–H groups in total. The fraction of sp³-hybridized carbons (Fsp3) is 0.421. The van der Waals surface area contributed by atoms with Gasteiger partial charge in [-0.3, -0.25) is 9.59 Å². The van der Waals surface area contributed by atoms with Crippen molar-refractivity contribution >= 4 is 28.4 Å². The third-order valence-corrected chi connectivity index (χ3v) is 4.61. The summed E-state index contributed by atoms with van der Waals surface area (Å²) in [5.74, 6) is 1.75. The van der Waals surface area contributed by atoms with Crippen LogP contribution in [0.3, 0.4) is 0 Å². The highest BCUT2D eigenvalue weighted by Crippen LogP contribution is 2.28. The molecule has 0 aliphatic carbocycles. The molecule has 3 heterocycles. The van der Waals surface area contributed by atoms with Crippen molar-refractivity contribution in [2.24, 2.45) is 5.92 Å². The molecule has 1 aliphatic rings. The van der Waals surface area contributed by atoms with E-state index in [-0.39, 0.29) is 17.3 Å². The number of terminal acetylenes is 1. The lowest BCUT2D eigenvalue weighted by atomic mass is 9.92. The maximum Gasteiger partial charge on any atom is 0.254 e. The van der Waals surface area contributed by atoms with Crippen LogP contribution in [0.4, 0.5) is 5.69 Å². The number of fused-ring (bicyclic) bond motifs is 1. The zero-order valence-electron chi connectivity index (χ0n) is 17.3. The van der Waals surface area contributed by atoms with Crippen molar-refractivity contribution in [2.75, 3.05) is 25.5 Å². The summed E-state index contributed by atoms with van der Waals surface area (Å²) in [6.45, 7) is -1.44. The molecule has 1 saturated heterocycles. The number of aromatic amines is 1. The second-order valence-electron chi connectivity index (χ2n) is 6.31. The van der Waals surface area contributed by atoms with Gasteiger partial charge in [0.05, 0.1) is 11.3 Å². The summed E-state index contributed by atoms with van der Waals surface area (Å²) >= 11 is 0. The van der Waals surface area contributed by atoms with E-state index in [2.05, 4.69) is 21.3 Å². The Kier molecular flexibility index (Phi) is 4.42. The number of ketones is 1. The first-order valence-electron chi connectivity index (χ1n) is 10.0. The molecule has 7 heteroatoms. The zero-order chi connectivity index (χ0) is 21.0. The molecule has 2 aromatic rings. The third kappa shape index (κ3) is 3.70. The van der Waals surface area contributed by atoms with Crippen LogP contribution in [0, 0.1) is 18.3 Å². The second kappa shape index (κ2) is 8.02. The topological polar surface area (TPSA) is 90.1 Å². The van der Waals surface area contributed by atoms with Gasteiger partial charge >= 0.3 is 0 Å². The smallest absolute Gasteiger partial charge is 0.254 e. The van der Waals surface area contributed by atoms with E-state index in [4.69, 9.17) is 10.5 Å². The van der Waals surface area contributed by atoms with Crippen LogP contribution in [0.5, 0.6) is 0 Å². The van der Waals surface area contributed by atoms with E-state index >= 15 is 0 Å². The number of H-pyrrole nitrogens is 1. The number of hydrogen-bond donors (Lipinski definition) is 3. The van der Waals surface area contributed by atoms with E-state index < -0.39 is 12.9 Å². The molecule has 0 unspecified atom stereocenters. The van der Waals surface area contributed by atoms with Crippen LogP contribution < -0.4 is 10.7 Å². The molecule has 3 rings (SSSR count). The Labute approximate surface area is 156 Å². The molecule has 0 spiro atoms. The number of hydrogen-bond acceptors (Lipinski definition) is 5. The lowest BCUT2D eigenvalue weighted by Gasteiger charge is -2.33. The molecule has 1 fully saturated rings. The second-order valence-corrected chi connectivity index (χ2v) is 6.31. The van der Waals surface area contributed by atoms with Crippen LogP contribution in [-0.4, -0.2) is 46.7 Å². The van der Waals surface area contributed by atoms with E-state index in [0.29, 0.717) is 42.7 Å². The first-order valence-corrected chi connectivity index (χ1v) is 8.55. The molecule has 0 aromatic carbocycles. The number of anilines is 1. The van der Waals surface area contributed by atoms with Gasteiger partial charge in [-0.1, -0.05) is 0 Å². The SMILES string of the molecule is [2H]C([2H])([2H])NC(=O)c1cnc2[nH]ccc2c1NN1CCC[C@H](C(=O)CCC#C)C1. The van der Waals surface area contributed by atoms with E-state index in [9.17, 15) is 9.59 Å².